The van der Waals surface area contributed by atoms with Crippen LogP contribution in [0.15, 0.2) is 48.2 Å². The number of methoxy groups -OCH3 is 1. The van der Waals surface area contributed by atoms with E-state index in [1.807, 2.05) is 13.8 Å². The van der Waals surface area contributed by atoms with Gasteiger partial charge in [0, 0.05) is 23.2 Å². The topological polar surface area (TPSA) is 134 Å². The first-order chi connectivity index (χ1) is 17.6. The Morgan fingerprint density at radius 1 is 1.22 bits per heavy atom. The van der Waals surface area contributed by atoms with Gasteiger partial charge in [-0.2, -0.15) is 0 Å². The maximum atomic E-state index is 14.6. The first-order valence-corrected chi connectivity index (χ1v) is 11.6. The molecule has 0 saturated heterocycles. The molecule has 0 radical (unpaired) electrons. The summed E-state index contributed by atoms with van der Waals surface area (Å²) in [5.41, 5.74) is 1.51. The minimum absolute atomic E-state index is 0.148. The van der Waals surface area contributed by atoms with Gasteiger partial charge in [-0.3, -0.25) is 9.59 Å². The quantitative estimate of drug-likeness (QED) is 0.332. The van der Waals surface area contributed by atoms with E-state index in [1.165, 1.54) is 6.07 Å². The van der Waals surface area contributed by atoms with Gasteiger partial charge in [0.2, 0.25) is 0 Å². The normalized spacial score (nSPS) is 18.4. The molecular weight excluding hydrogens is 483 g/mol. The van der Waals surface area contributed by atoms with Crippen LogP contribution in [0.5, 0.6) is 0 Å². The second-order valence-electron chi connectivity index (χ2n) is 9.19. The Morgan fingerprint density at radius 3 is 2.57 bits per heavy atom. The predicted molar refractivity (Wildman–Crippen MR) is 133 cm³/mol. The number of ether oxygens (including phenoxy) is 2. The third kappa shape index (κ3) is 5.11. The number of nitrogens with one attached hydrogen (secondary N) is 2. The fourth-order valence-corrected chi connectivity index (χ4v) is 4.27. The molecule has 194 valence electrons. The van der Waals surface area contributed by atoms with Crippen molar-refractivity contribution in [1.29, 1.82) is 0 Å². The van der Waals surface area contributed by atoms with E-state index in [-0.39, 0.29) is 53.6 Å². The van der Waals surface area contributed by atoms with Crippen molar-refractivity contribution in [1.82, 2.24) is 5.32 Å². The summed E-state index contributed by atoms with van der Waals surface area (Å²) in [5, 5.41) is 23.6. The smallest absolute Gasteiger partial charge is 0.340 e. The summed E-state index contributed by atoms with van der Waals surface area (Å²) in [6.45, 7) is 3.51. The number of hydrogen-bond acceptors (Lipinski definition) is 7. The van der Waals surface area contributed by atoms with Crippen molar-refractivity contribution in [3.63, 3.8) is 0 Å². The average Bonchev–Trinajstić information content (AvgIpc) is 3.36. The molecule has 2 heterocycles. The van der Waals surface area contributed by atoms with Crippen molar-refractivity contribution in [2.45, 2.75) is 32.0 Å². The predicted octanol–water partition coefficient (Wildman–Crippen LogP) is 2.64. The number of rotatable bonds is 7. The summed E-state index contributed by atoms with van der Waals surface area (Å²) in [4.78, 5) is 37.0. The van der Waals surface area contributed by atoms with E-state index < -0.39 is 29.4 Å². The van der Waals surface area contributed by atoms with Crippen LogP contribution >= 0.6 is 0 Å². The van der Waals surface area contributed by atoms with E-state index in [4.69, 9.17) is 9.84 Å². The third-order valence-corrected chi connectivity index (χ3v) is 6.22. The van der Waals surface area contributed by atoms with Crippen molar-refractivity contribution in [3.05, 3.63) is 76.3 Å². The lowest BCUT2D eigenvalue weighted by molar-refractivity contribution is -0.111. The SMILES string of the molecule is COC(=O)c1cc2c(cc1F)/C(=C1/C=C(c3ccc(C(=O)NCCC(O)CO)cc3)C(C)(C)O1)C(=O)N2. The van der Waals surface area contributed by atoms with E-state index in [1.54, 1.807) is 30.3 Å². The van der Waals surface area contributed by atoms with Crippen LogP contribution in [-0.2, 0) is 14.3 Å². The van der Waals surface area contributed by atoms with Gasteiger partial charge in [0.25, 0.3) is 11.8 Å². The van der Waals surface area contributed by atoms with Gasteiger partial charge in [-0.15, -0.1) is 0 Å². The van der Waals surface area contributed by atoms with Crippen molar-refractivity contribution in [2.75, 3.05) is 25.6 Å². The second kappa shape index (κ2) is 10.2. The molecule has 0 bridgehead atoms. The Hall–Kier alpha value is -4.02. The third-order valence-electron chi connectivity index (χ3n) is 6.22. The summed E-state index contributed by atoms with van der Waals surface area (Å²) in [5.74, 6) is -2.22. The molecule has 0 saturated carbocycles. The monoisotopic (exact) mass is 510 g/mol. The summed E-state index contributed by atoms with van der Waals surface area (Å²) in [6, 6.07) is 9.16. The molecule has 10 heteroatoms. The Labute approximate surface area is 212 Å². The summed E-state index contributed by atoms with van der Waals surface area (Å²) in [7, 11) is 1.14. The maximum absolute atomic E-state index is 14.6. The van der Waals surface area contributed by atoms with Gasteiger partial charge >= 0.3 is 5.97 Å². The fraction of sp³-hybridized carbons (Fsp3) is 0.296. The number of anilines is 1. The summed E-state index contributed by atoms with van der Waals surface area (Å²) < 4.78 is 25.3. The lowest BCUT2D eigenvalue weighted by Crippen LogP contribution is -2.28. The van der Waals surface area contributed by atoms with Gasteiger partial charge in [-0.25, -0.2) is 9.18 Å². The molecule has 2 aliphatic heterocycles. The molecule has 0 aliphatic carbocycles. The molecule has 4 rings (SSSR count). The summed E-state index contributed by atoms with van der Waals surface area (Å²) in [6.07, 6.45) is 1.06. The van der Waals surface area contributed by atoms with E-state index in [2.05, 4.69) is 15.4 Å². The number of esters is 1. The highest BCUT2D eigenvalue weighted by atomic mass is 19.1. The standard InChI is InChI=1S/C27H27FN2O7/c1-27(2)19(14-4-6-15(7-5-14)24(33)29-9-8-16(32)13-31)12-22(37-27)23-18-10-20(28)17(26(35)36-3)11-21(18)30-25(23)34/h4-7,10-12,16,31-32H,8-9,13H2,1-3H3,(H,29,33)(H,30,34)/b23-22+. The first kappa shape index (κ1) is 26.1. The number of fused-ring (bicyclic) bond motifs is 1. The van der Waals surface area contributed by atoms with E-state index in [0.29, 0.717) is 5.56 Å². The molecule has 0 aromatic heterocycles. The summed E-state index contributed by atoms with van der Waals surface area (Å²) >= 11 is 0. The Balaban J connectivity index is 1.62. The van der Waals surface area contributed by atoms with Crippen LogP contribution in [-0.4, -0.2) is 60.0 Å². The number of halogens is 1. The first-order valence-electron chi connectivity index (χ1n) is 11.6. The zero-order valence-electron chi connectivity index (χ0n) is 20.6. The molecule has 2 aromatic rings. The van der Waals surface area contributed by atoms with Crippen molar-refractivity contribution < 1.29 is 38.5 Å². The number of carbonyl (C=O) groups is 3. The number of aliphatic hydroxyl groups is 2. The molecular formula is C27H27FN2O7. The van der Waals surface area contributed by atoms with Crippen molar-refractivity contribution in [3.8, 4) is 0 Å². The lowest BCUT2D eigenvalue weighted by Gasteiger charge is -2.23. The van der Waals surface area contributed by atoms with Crippen LogP contribution in [0.2, 0.25) is 0 Å². The zero-order chi connectivity index (χ0) is 26.9. The highest BCUT2D eigenvalue weighted by Crippen LogP contribution is 2.44. The zero-order valence-corrected chi connectivity index (χ0v) is 20.6. The number of allylic oxidation sites excluding steroid dienone is 1. The van der Waals surface area contributed by atoms with Crippen LogP contribution in [0, 0.1) is 5.82 Å². The van der Waals surface area contributed by atoms with Crippen molar-refractivity contribution in [2.24, 2.45) is 0 Å². The number of carbonyl (C=O) groups excluding carboxylic acids is 3. The number of amides is 2. The van der Waals surface area contributed by atoms with Crippen LogP contribution in [0.1, 0.15) is 52.1 Å². The van der Waals surface area contributed by atoms with Gasteiger partial charge in [0.15, 0.2) is 0 Å². The van der Waals surface area contributed by atoms with Gasteiger partial charge < -0.3 is 30.3 Å². The van der Waals surface area contributed by atoms with Gasteiger partial charge in [0.05, 0.1) is 36.6 Å². The fourth-order valence-electron chi connectivity index (χ4n) is 4.27. The number of aliphatic hydroxyl groups excluding tert-OH is 2. The van der Waals surface area contributed by atoms with E-state index in [9.17, 15) is 23.9 Å². The van der Waals surface area contributed by atoms with Gasteiger partial charge in [0.1, 0.15) is 17.2 Å². The van der Waals surface area contributed by atoms with Crippen LogP contribution in [0.3, 0.4) is 0 Å². The molecule has 2 aliphatic rings. The molecule has 2 amide bonds. The highest BCUT2D eigenvalue weighted by Gasteiger charge is 2.38. The van der Waals surface area contributed by atoms with Crippen LogP contribution in [0.25, 0.3) is 11.1 Å². The molecule has 1 atom stereocenters. The average molecular weight is 511 g/mol. The minimum Gasteiger partial charge on any atom is -0.482 e. The van der Waals surface area contributed by atoms with Crippen molar-refractivity contribution >= 4 is 34.6 Å². The van der Waals surface area contributed by atoms with Gasteiger partial charge in [-0.05, 0) is 56.2 Å². The van der Waals surface area contributed by atoms with Crippen LogP contribution in [0.4, 0.5) is 10.1 Å². The Bertz CT molecular complexity index is 1330. The number of hydrogen-bond donors (Lipinski definition) is 4. The lowest BCUT2D eigenvalue weighted by atomic mass is 9.91. The maximum Gasteiger partial charge on any atom is 0.340 e. The highest BCUT2D eigenvalue weighted by molar-refractivity contribution is 6.32. The minimum atomic E-state index is -0.886. The number of benzene rings is 2. The molecule has 4 N–H and O–H groups in total. The Morgan fingerprint density at radius 2 is 1.92 bits per heavy atom. The Kier molecular flexibility index (Phi) is 7.15. The van der Waals surface area contributed by atoms with E-state index >= 15 is 0 Å². The largest absolute Gasteiger partial charge is 0.482 e. The van der Waals surface area contributed by atoms with E-state index in [0.717, 1.165) is 24.3 Å². The molecule has 0 fully saturated rings. The molecule has 1 unspecified atom stereocenters. The molecule has 2 aromatic carbocycles. The molecule has 37 heavy (non-hydrogen) atoms. The molecule has 9 nitrogen and oxygen atoms in total. The van der Waals surface area contributed by atoms with Crippen LogP contribution < -0.4 is 10.6 Å². The molecule has 0 spiro atoms. The second-order valence-corrected chi connectivity index (χ2v) is 9.19. The van der Waals surface area contributed by atoms with Gasteiger partial charge in [-0.1, -0.05) is 12.1 Å².